The smallest absolute Gasteiger partial charge is 0.157 e. The molecule has 2 unspecified atom stereocenters. The number of thioether (sulfide) groups is 1. The van der Waals surface area contributed by atoms with Crippen LogP contribution in [0.15, 0.2) is 4.99 Å². The van der Waals surface area contributed by atoms with Crippen molar-refractivity contribution in [2.24, 2.45) is 10.9 Å². The van der Waals surface area contributed by atoms with Gasteiger partial charge in [0.25, 0.3) is 0 Å². The van der Waals surface area contributed by atoms with Gasteiger partial charge in [0, 0.05) is 12.4 Å². The van der Waals surface area contributed by atoms with Gasteiger partial charge in [0.2, 0.25) is 0 Å². The third kappa shape index (κ3) is 2.92. The molecule has 0 radical (unpaired) electrons. The lowest BCUT2D eigenvalue weighted by Gasteiger charge is -2.29. The number of ether oxygens (including phenoxy) is 1. The molecule has 1 fully saturated rings. The fourth-order valence-electron chi connectivity index (χ4n) is 2.10. The van der Waals surface area contributed by atoms with E-state index in [-0.39, 0.29) is 5.54 Å². The van der Waals surface area contributed by atoms with Crippen LogP contribution in [-0.4, -0.2) is 35.7 Å². The van der Waals surface area contributed by atoms with Crippen molar-refractivity contribution < 1.29 is 4.74 Å². The predicted molar refractivity (Wildman–Crippen MR) is 70.1 cm³/mol. The van der Waals surface area contributed by atoms with Gasteiger partial charge < -0.3 is 10.1 Å². The molecule has 0 aliphatic carbocycles. The van der Waals surface area contributed by atoms with Gasteiger partial charge in [0.05, 0.1) is 18.2 Å². The lowest BCUT2D eigenvalue weighted by molar-refractivity contribution is 0.177. The fourth-order valence-corrected chi connectivity index (χ4v) is 3.18. The highest BCUT2D eigenvalue weighted by molar-refractivity contribution is 8.13. The molecule has 2 aliphatic rings. The molecule has 16 heavy (non-hydrogen) atoms. The van der Waals surface area contributed by atoms with E-state index < -0.39 is 0 Å². The first-order valence-corrected chi connectivity index (χ1v) is 7.14. The minimum Gasteiger partial charge on any atom is -0.379 e. The average molecular weight is 242 g/mol. The van der Waals surface area contributed by atoms with E-state index in [1.165, 1.54) is 12.2 Å². The number of hydrogen-bond acceptors (Lipinski definition) is 4. The molecule has 2 heterocycles. The molecule has 0 bridgehead atoms. The van der Waals surface area contributed by atoms with Crippen LogP contribution >= 0.6 is 11.8 Å². The molecule has 1 N–H and O–H groups in total. The second kappa shape index (κ2) is 4.96. The maximum Gasteiger partial charge on any atom is 0.157 e. The summed E-state index contributed by atoms with van der Waals surface area (Å²) in [7, 11) is 0. The lowest BCUT2D eigenvalue weighted by Crippen LogP contribution is -2.46. The van der Waals surface area contributed by atoms with E-state index in [9.17, 15) is 0 Å². The fraction of sp³-hybridized carbons (Fsp3) is 0.917. The summed E-state index contributed by atoms with van der Waals surface area (Å²) in [5.41, 5.74) is 0.102. The molecule has 1 saturated heterocycles. The highest BCUT2D eigenvalue weighted by Crippen LogP contribution is 2.25. The molecule has 0 aromatic heterocycles. The second-order valence-corrected chi connectivity index (χ2v) is 6.45. The minimum atomic E-state index is 0.102. The summed E-state index contributed by atoms with van der Waals surface area (Å²) in [5.74, 6) is 1.83. The molecule has 0 amide bonds. The van der Waals surface area contributed by atoms with Gasteiger partial charge in [-0.15, -0.1) is 0 Å². The van der Waals surface area contributed by atoms with Crippen molar-refractivity contribution in [1.29, 1.82) is 0 Å². The summed E-state index contributed by atoms with van der Waals surface area (Å²) in [4.78, 5) is 4.80. The van der Waals surface area contributed by atoms with Crippen LogP contribution in [0.3, 0.4) is 0 Å². The van der Waals surface area contributed by atoms with E-state index in [0.717, 1.165) is 24.8 Å². The quantitative estimate of drug-likeness (QED) is 0.806. The number of rotatable bonds is 2. The Morgan fingerprint density at radius 2 is 2.38 bits per heavy atom. The molecule has 3 nitrogen and oxygen atoms in total. The first-order chi connectivity index (χ1) is 7.59. The van der Waals surface area contributed by atoms with Crippen molar-refractivity contribution in [3.8, 4) is 0 Å². The zero-order valence-corrected chi connectivity index (χ0v) is 11.3. The molecule has 2 aliphatic heterocycles. The maximum atomic E-state index is 5.45. The zero-order valence-electron chi connectivity index (χ0n) is 10.5. The third-order valence-electron chi connectivity index (χ3n) is 3.33. The van der Waals surface area contributed by atoms with Crippen LogP contribution < -0.4 is 5.32 Å². The van der Waals surface area contributed by atoms with Crippen molar-refractivity contribution in [3.63, 3.8) is 0 Å². The Balaban J connectivity index is 1.98. The summed E-state index contributed by atoms with van der Waals surface area (Å²) in [6, 6.07) is 0.495. The summed E-state index contributed by atoms with van der Waals surface area (Å²) in [6.45, 7) is 8.40. The van der Waals surface area contributed by atoms with Crippen LogP contribution in [0, 0.1) is 5.92 Å². The SMILES string of the molecule is CC(C)C1CCSC(NC2(C)CCOC2)=N1. The summed E-state index contributed by atoms with van der Waals surface area (Å²) >= 11 is 1.85. The minimum absolute atomic E-state index is 0.102. The maximum absolute atomic E-state index is 5.45. The van der Waals surface area contributed by atoms with Crippen LogP contribution in [0.2, 0.25) is 0 Å². The first kappa shape index (κ1) is 12.2. The van der Waals surface area contributed by atoms with Gasteiger partial charge >= 0.3 is 0 Å². The van der Waals surface area contributed by atoms with Crippen LogP contribution in [0.25, 0.3) is 0 Å². The standard InChI is InChI=1S/C12H22N2OS/c1-9(2)10-4-7-16-11(13-10)14-12(3)5-6-15-8-12/h9-10H,4-8H2,1-3H3,(H,13,14). The Morgan fingerprint density at radius 1 is 1.56 bits per heavy atom. The molecule has 2 rings (SSSR count). The van der Waals surface area contributed by atoms with Crippen LogP contribution in [0.5, 0.6) is 0 Å². The van der Waals surface area contributed by atoms with Crippen molar-refractivity contribution in [1.82, 2.24) is 5.32 Å². The summed E-state index contributed by atoms with van der Waals surface area (Å²) in [5, 5.41) is 4.69. The topological polar surface area (TPSA) is 33.6 Å². The van der Waals surface area contributed by atoms with Gasteiger partial charge in [-0.2, -0.15) is 0 Å². The Morgan fingerprint density at radius 3 is 3.00 bits per heavy atom. The molecule has 92 valence electrons. The van der Waals surface area contributed by atoms with Crippen molar-refractivity contribution in [2.75, 3.05) is 19.0 Å². The number of hydrogen-bond donors (Lipinski definition) is 1. The third-order valence-corrected chi connectivity index (χ3v) is 4.25. The Hall–Kier alpha value is -0.220. The Bertz CT molecular complexity index is 272. The van der Waals surface area contributed by atoms with Crippen LogP contribution in [0.1, 0.15) is 33.6 Å². The highest BCUT2D eigenvalue weighted by Gasteiger charge is 2.31. The zero-order chi connectivity index (χ0) is 11.6. The normalized spacial score (nSPS) is 35.2. The molecular formula is C12H22N2OS. The molecule has 4 heteroatoms. The van der Waals surface area contributed by atoms with E-state index in [4.69, 9.17) is 9.73 Å². The molecule has 2 atom stereocenters. The number of amidine groups is 1. The van der Waals surface area contributed by atoms with Crippen LogP contribution in [-0.2, 0) is 4.74 Å². The van der Waals surface area contributed by atoms with Gasteiger partial charge in [-0.1, -0.05) is 25.6 Å². The second-order valence-electron chi connectivity index (χ2n) is 5.37. The van der Waals surface area contributed by atoms with E-state index in [0.29, 0.717) is 12.0 Å². The van der Waals surface area contributed by atoms with E-state index in [1.807, 2.05) is 11.8 Å². The van der Waals surface area contributed by atoms with Crippen molar-refractivity contribution >= 4 is 16.9 Å². The number of nitrogens with zero attached hydrogens (tertiary/aromatic N) is 1. The van der Waals surface area contributed by atoms with Crippen LogP contribution in [0.4, 0.5) is 0 Å². The average Bonchev–Trinajstić information content (AvgIpc) is 2.65. The van der Waals surface area contributed by atoms with Crippen molar-refractivity contribution in [3.05, 3.63) is 0 Å². The van der Waals surface area contributed by atoms with E-state index in [2.05, 4.69) is 26.1 Å². The molecule has 0 saturated carbocycles. The van der Waals surface area contributed by atoms with Gasteiger partial charge in [-0.3, -0.25) is 4.99 Å². The van der Waals surface area contributed by atoms with E-state index >= 15 is 0 Å². The first-order valence-electron chi connectivity index (χ1n) is 6.16. The largest absolute Gasteiger partial charge is 0.379 e. The molecule has 0 spiro atoms. The van der Waals surface area contributed by atoms with Gasteiger partial charge in [0.15, 0.2) is 5.17 Å². The summed E-state index contributed by atoms with van der Waals surface area (Å²) in [6.07, 6.45) is 2.29. The summed E-state index contributed by atoms with van der Waals surface area (Å²) < 4.78 is 5.45. The predicted octanol–water partition coefficient (Wildman–Crippen LogP) is 2.27. The van der Waals surface area contributed by atoms with Crippen molar-refractivity contribution in [2.45, 2.75) is 45.2 Å². The highest BCUT2D eigenvalue weighted by atomic mass is 32.2. The molecule has 0 aromatic rings. The van der Waals surface area contributed by atoms with Gasteiger partial charge in [-0.25, -0.2) is 0 Å². The number of aliphatic imine (C=N–C) groups is 1. The molecular weight excluding hydrogens is 220 g/mol. The van der Waals surface area contributed by atoms with Gasteiger partial charge in [-0.05, 0) is 25.7 Å². The van der Waals surface area contributed by atoms with E-state index in [1.54, 1.807) is 0 Å². The monoisotopic (exact) mass is 242 g/mol. The van der Waals surface area contributed by atoms with Gasteiger partial charge in [0.1, 0.15) is 0 Å². The molecule has 0 aromatic carbocycles. The number of nitrogens with one attached hydrogen (secondary N) is 1. The lowest BCUT2D eigenvalue weighted by atomic mass is 10.0. The Kier molecular flexibility index (Phi) is 3.80. The Labute approximate surface area is 102 Å².